The summed E-state index contributed by atoms with van der Waals surface area (Å²) >= 11 is 1.42. The first-order valence-corrected chi connectivity index (χ1v) is 10.2. The number of morpholine rings is 1. The number of amides is 2. The van der Waals surface area contributed by atoms with Crippen molar-refractivity contribution in [2.75, 3.05) is 31.6 Å². The van der Waals surface area contributed by atoms with Gasteiger partial charge in [0.05, 0.1) is 18.8 Å². The quantitative estimate of drug-likeness (QED) is 0.713. The highest BCUT2D eigenvalue weighted by Crippen LogP contribution is 2.40. The molecule has 1 aliphatic heterocycles. The summed E-state index contributed by atoms with van der Waals surface area (Å²) in [6.45, 7) is 4.07. The molecule has 1 aliphatic rings. The zero-order chi connectivity index (χ0) is 20.2. The van der Waals surface area contributed by atoms with Crippen molar-refractivity contribution in [3.05, 3.63) is 71.5 Å². The average Bonchev–Trinajstić information content (AvgIpc) is 3.10. The van der Waals surface area contributed by atoms with Gasteiger partial charge in [-0.2, -0.15) is 0 Å². The van der Waals surface area contributed by atoms with Gasteiger partial charge in [0.1, 0.15) is 10.7 Å². The number of nitrogens with one attached hydrogen (secondary N) is 1. The van der Waals surface area contributed by atoms with Crippen LogP contribution in [0.2, 0.25) is 0 Å². The van der Waals surface area contributed by atoms with E-state index in [4.69, 9.17) is 4.74 Å². The van der Waals surface area contributed by atoms with Gasteiger partial charge in [0, 0.05) is 24.2 Å². The number of hydrogen-bond donors (Lipinski definition) is 1. The van der Waals surface area contributed by atoms with Crippen LogP contribution in [0.25, 0.3) is 10.4 Å². The number of anilines is 1. The Balaban J connectivity index is 1.73. The molecule has 0 unspecified atom stereocenters. The molecule has 29 heavy (non-hydrogen) atoms. The molecule has 3 heterocycles. The summed E-state index contributed by atoms with van der Waals surface area (Å²) in [5, 5.41) is 3.47. The number of nitrogens with zero attached hydrogens (tertiary/aromatic N) is 2. The fourth-order valence-electron chi connectivity index (χ4n) is 3.31. The van der Waals surface area contributed by atoms with Crippen molar-refractivity contribution in [1.29, 1.82) is 0 Å². The second-order valence-corrected chi connectivity index (χ2v) is 7.72. The third-order valence-electron chi connectivity index (χ3n) is 4.82. The fourth-order valence-corrected chi connectivity index (χ4v) is 4.51. The number of carbonyl (C=O) groups is 2. The molecule has 1 fully saturated rings. The van der Waals surface area contributed by atoms with Crippen LogP contribution in [0.1, 0.15) is 26.4 Å². The van der Waals surface area contributed by atoms with E-state index in [1.165, 1.54) is 11.3 Å². The monoisotopic (exact) mass is 407 g/mol. The van der Waals surface area contributed by atoms with Crippen molar-refractivity contribution in [3.8, 4) is 10.4 Å². The number of benzene rings is 1. The highest BCUT2D eigenvalue weighted by molar-refractivity contribution is 7.20. The van der Waals surface area contributed by atoms with Gasteiger partial charge in [-0.3, -0.25) is 14.6 Å². The van der Waals surface area contributed by atoms with E-state index in [1.807, 2.05) is 37.3 Å². The molecule has 4 rings (SSSR count). The Morgan fingerprint density at radius 2 is 1.79 bits per heavy atom. The lowest BCUT2D eigenvalue weighted by atomic mass is 10.1. The standard InChI is InChI=1S/C22H21N3O3S/c1-15-18(22(27)25-11-13-28-14-12-25)21(24-20(26)17-9-5-6-10-23-17)29-19(15)16-7-3-2-4-8-16/h2-10H,11-14H2,1H3,(H,24,26). The summed E-state index contributed by atoms with van der Waals surface area (Å²) in [5.41, 5.74) is 2.74. The van der Waals surface area contributed by atoms with Crippen LogP contribution in [0.3, 0.4) is 0 Å². The second-order valence-electron chi connectivity index (χ2n) is 6.70. The number of thiophene rings is 1. The van der Waals surface area contributed by atoms with Gasteiger partial charge >= 0.3 is 0 Å². The molecule has 1 saturated heterocycles. The van der Waals surface area contributed by atoms with E-state index in [0.717, 1.165) is 16.0 Å². The molecule has 0 bridgehead atoms. The summed E-state index contributed by atoms with van der Waals surface area (Å²) in [5.74, 6) is -0.414. The Bertz CT molecular complexity index is 1010. The van der Waals surface area contributed by atoms with E-state index < -0.39 is 0 Å². The van der Waals surface area contributed by atoms with Crippen LogP contribution in [0.4, 0.5) is 5.00 Å². The highest BCUT2D eigenvalue weighted by Gasteiger charge is 2.28. The number of aromatic nitrogens is 1. The van der Waals surface area contributed by atoms with Crippen LogP contribution in [0.5, 0.6) is 0 Å². The van der Waals surface area contributed by atoms with Crippen LogP contribution in [-0.4, -0.2) is 48.0 Å². The van der Waals surface area contributed by atoms with Gasteiger partial charge in [-0.25, -0.2) is 0 Å². The maximum atomic E-state index is 13.3. The van der Waals surface area contributed by atoms with E-state index in [9.17, 15) is 9.59 Å². The average molecular weight is 407 g/mol. The first kappa shape index (κ1) is 19.3. The van der Waals surface area contributed by atoms with Crippen molar-refractivity contribution in [2.45, 2.75) is 6.92 Å². The molecule has 2 aromatic heterocycles. The SMILES string of the molecule is Cc1c(-c2ccccc2)sc(NC(=O)c2ccccn2)c1C(=O)N1CCOCC1. The number of hydrogen-bond acceptors (Lipinski definition) is 5. The van der Waals surface area contributed by atoms with Gasteiger partial charge in [0.25, 0.3) is 11.8 Å². The number of ether oxygens (including phenoxy) is 1. The maximum absolute atomic E-state index is 13.3. The predicted octanol–water partition coefficient (Wildman–Crippen LogP) is 3.84. The van der Waals surface area contributed by atoms with Gasteiger partial charge in [-0.05, 0) is 30.2 Å². The smallest absolute Gasteiger partial charge is 0.274 e. The summed E-state index contributed by atoms with van der Waals surface area (Å²) in [4.78, 5) is 32.9. The molecule has 0 spiro atoms. The minimum Gasteiger partial charge on any atom is -0.378 e. The number of carbonyl (C=O) groups excluding carboxylic acids is 2. The Morgan fingerprint density at radius 1 is 1.07 bits per heavy atom. The Labute approximate surface area is 173 Å². The van der Waals surface area contributed by atoms with Crippen molar-refractivity contribution in [2.24, 2.45) is 0 Å². The van der Waals surface area contributed by atoms with Gasteiger partial charge in [-0.1, -0.05) is 36.4 Å². The van der Waals surface area contributed by atoms with Crippen molar-refractivity contribution >= 4 is 28.2 Å². The highest BCUT2D eigenvalue weighted by atomic mass is 32.1. The summed E-state index contributed by atoms with van der Waals surface area (Å²) in [6.07, 6.45) is 1.57. The summed E-state index contributed by atoms with van der Waals surface area (Å²) in [7, 11) is 0. The molecule has 1 N–H and O–H groups in total. The van der Waals surface area contributed by atoms with Gasteiger partial charge < -0.3 is 15.0 Å². The molecule has 0 radical (unpaired) electrons. The molecule has 0 aliphatic carbocycles. The topological polar surface area (TPSA) is 71.5 Å². The van der Waals surface area contributed by atoms with Crippen molar-refractivity contribution in [1.82, 2.24) is 9.88 Å². The molecule has 7 heteroatoms. The zero-order valence-corrected chi connectivity index (χ0v) is 16.9. The third-order valence-corrected chi connectivity index (χ3v) is 6.08. The first-order chi connectivity index (χ1) is 14.1. The number of pyridine rings is 1. The molecule has 0 atom stereocenters. The van der Waals surface area contributed by atoms with Gasteiger partial charge in [0.2, 0.25) is 0 Å². The van der Waals surface area contributed by atoms with Crippen LogP contribution in [-0.2, 0) is 4.74 Å². The maximum Gasteiger partial charge on any atom is 0.274 e. The molecule has 0 saturated carbocycles. The lowest BCUT2D eigenvalue weighted by Gasteiger charge is -2.27. The second kappa shape index (κ2) is 8.55. The number of rotatable bonds is 4. The zero-order valence-electron chi connectivity index (χ0n) is 16.1. The normalized spacial score (nSPS) is 13.9. The minimum absolute atomic E-state index is 0.0828. The van der Waals surface area contributed by atoms with Crippen LogP contribution in [0, 0.1) is 6.92 Å². The van der Waals surface area contributed by atoms with Crippen molar-refractivity contribution < 1.29 is 14.3 Å². The first-order valence-electron chi connectivity index (χ1n) is 9.43. The van der Waals surface area contributed by atoms with Crippen LogP contribution >= 0.6 is 11.3 Å². The van der Waals surface area contributed by atoms with Gasteiger partial charge in [0.15, 0.2) is 0 Å². The fraction of sp³-hybridized carbons (Fsp3) is 0.227. The molecule has 2 amide bonds. The molecule has 3 aromatic rings. The Kier molecular flexibility index (Phi) is 5.69. The molecule has 6 nitrogen and oxygen atoms in total. The van der Waals surface area contributed by atoms with Crippen LogP contribution in [0.15, 0.2) is 54.7 Å². The third kappa shape index (κ3) is 4.06. The van der Waals surface area contributed by atoms with E-state index >= 15 is 0 Å². The van der Waals surface area contributed by atoms with Crippen molar-refractivity contribution in [3.63, 3.8) is 0 Å². The van der Waals surface area contributed by atoms with E-state index in [2.05, 4.69) is 10.3 Å². The van der Waals surface area contributed by atoms with Crippen LogP contribution < -0.4 is 5.32 Å². The Morgan fingerprint density at radius 3 is 2.48 bits per heavy atom. The molecule has 1 aromatic carbocycles. The lowest BCUT2D eigenvalue weighted by molar-refractivity contribution is 0.0303. The summed E-state index contributed by atoms with van der Waals surface area (Å²) in [6, 6.07) is 15.1. The van der Waals surface area contributed by atoms with E-state index in [-0.39, 0.29) is 11.8 Å². The largest absolute Gasteiger partial charge is 0.378 e. The van der Waals surface area contributed by atoms with Gasteiger partial charge in [-0.15, -0.1) is 11.3 Å². The Hall–Kier alpha value is -3.03. The minimum atomic E-state index is -0.331. The molecular formula is C22H21N3O3S. The van der Waals surface area contributed by atoms with E-state index in [1.54, 1.807) is 29.3 Å². The van der Waals surface area contributed by atoms with E-state index in [0.29, 0.717) is 42.6 Å². The molecular weight excluding hydrogens is 386 g/mol. The summed E-state index contributed by atoms with van der Waals surface area (Å²) < 4.78 is 5.37. The molecule has 148 valence electrons. The lowest BCUT2D eigenvalue weighted by Crippen LogP contribution is -2.41. The predicted molar refractivity (Wildman–Crippen MR) is 113 cm³/mol.